The second kappa shape index (κ2) is 5.01. The molecule has 2 nitrogen and oxygen atoms in total. The summed E-state index contributed by atoms with van der Waals surface area (Å²) in [6, 6.07) is 0. The maximum Gasteiger partial charge on any atom is 0.191 e. The Kier molecular flexibility index (Phi) is 5.12. The second-order valence-corrected chi connectivity index (χ2v) is 3.77. The number of rotatable bonds is 4. The first kappa shape index (κ1) is 9.19. The van der Waals surface area contributed by atoms with Crippen molar-refractivity contribution in [3.8, 4) is 0 Å². The van der Waals surface area contributed by atoms with Crippen molar-refractivity contribution in [2.75, 3.05) is 6.16 Å². The van der Waals surface area contributed by atoms with Crippen LogP contribution in [0.1, 0.15) is 27.2 Å². The van der Waals surface area contributed by atoms with E-state index in [1.165, 1.54) is 0 Å². The smallest absolute Gasteiger partial charge is 0.191 e. The monoisotopic (exact) mass is 150 g/mol. The Balaban J connectivity index is 3.27. The first-order chi connectivity index (χ1) is 4.16. The second-order valence-electron chi connectivity index (χ2n) is 2.29. The standard InChI is InChI=1S/C6H15O2P/c1-4-5-9(7)8-6(2)3/h6,9H,4-5H2,1-3H3. The first-order valence-electron chi connectivity index (χ1n) is 3.36. The van der Waals surface area contributed by atoms with Gasteiger partial charge in [-0.25, -0.2) is 0 Å². The summed E-state index contributed by atoms with van der Waals surface area (Å²) in [6.45, 7) is 5.81. The average Bonchev–Trinajstić information content (AvgIpc) is 1.63. The van der Waals surface area contributed by atoms with Crippen LogP contribution < -0.4 is 0 Å². The summed E-state index contributed by atoms with van der Waals surface area (Å²) in [7, 11) is -1.69. The molecule has 0 saturated heterocycles. The summed E-state index contributed by atoms with van der Waals surface area (Å²) in [5.41, 5.74) is 0. The van der Waals surface area contributed by atoms with Crippen molar-refractivity contribution < 1.29 is 9.09 Å². The summed E-state index contributed by atoms with van der Waals surface area (Å²) in [5.74, 6) is 0. The van der Waals surface area contributed by atoms with Crippen LogP contribution in [0.25, 0.3) is 0 Å². The molecule has 0 N–H and O–H groups in total. The Morgan fingerprint density at radius 2 is 2.11 bits per heavy atom. The molecular formula is C6H15O2P. The van der Waals surface area contributed by atoms with Crippen molar-refractivity contribution in [2.45, 2.75) is 33.3 Å². The topological polar surface area (TPSA) is 26.3 Å². The van der Waals surface area contributed by atoms with Crippen LogP contribution in [0.5, 0.6) is 0 Å². The molecule has 0 aromatic rings. The summed E-state index contributed by atoms with van der Waals surface area (Å²) in [4.78, 5) is 0. The largest absolute Gasteiger partial charge is 0.328 e. The third kappa shape index (κ3) is 6.07. The van der Waals surface area contributed by atoms with E-state index in [1.54, 1.807) is 0 Å². The summed E-state index contributed by atoms with van der Waals surface area (Å²) in [5, 5.41) is 0. The summed E-state index contributed by atoms with van der Waals surface area (Å²) < 4.78 is 15.9. The van der Waals surface area contributed by atoms with Crippen molar-refractivity contribution in [2.24, 2.45) is 0 Å². The fourth-order valence-corrected chi connectivity index (χ4v) is 1.58. The van der Waals surface area contributed by atoms with Crippen LogP contribution in [-0.4, -0.2) is 12.3 Å². The lowest BCUT2D eigenvalue weighted by molar-refractivity contribution is 0.256. The molecule has 0 aromatic heterocycles. The molecule has 1 atom stereocenters. The Labute approximate surface area is 57.5 Å². The predicted octanol–water partition coefficient (Wildman–Crippen LogP) is 2.30. The third-order valence-electron chi connectivity index (χ3n) is 0.821. The van der Waals surface area contributed by atoms with E-state index in [9.17, 15) is 4.57 Å². The van der Waals surface area contributed by atoms with E-state index in [1.807, 2.05) is 20.8 Å². The van der Waals surface area contributed by atoms with Gasteiger partial charge in [0.15, 0.2) is 8.03 Å². The fourth-order valence-electron chi connectivity index (χ4n) is 0.526. The van der Waals surface area contributed by atoms with E-state index in [-0.39, 0.29) is 6.10 Å². The fraction of sp³-hybridized carbons (Fsp3) is 1.00. The van der Waals surface area contributed by atoms with Gasteiger partial charge in [0, 0.05) is 6.16 Å². The van der Waals surface area contributed by atoms with Gasteiger partial charge in [-0.05, 0) is 20.3 Å². The average molecular weight is 150 g/mol. The van der Waals surface area contributed by atoms with Gasteiger partial charge in [0.05, 0.1) is 6.10 Å². The first-order valence-corrected chi connectivity index (χ1v) is 4.88. The lowest BCUT2D eigenvalue weighted by Gasteiger charge is -2.04. The van der Waals surface area contributed by atoms with Crippen LogP contribution in [-0.2, 0) is 9.09 Å². The minimum absolute atomic E-state index is 0.114. The molecule has 0 saturated carbocycles. The van der Waals surface area contributed by atoms with Crippen molar-refractivity contribution in [1.29, 1.82) is 0 Å². The van der Waals surface area contributed by atoms with E-state index >= 15 is 0 Å². The number of hydrogen-bond acceptors (Lipinski definition) is 2. The van der Waals surface area contributed by atoms with Gasteiger partial charge >= 0.3 is 0 Å². The van der Waals surface area contributed by atoms with Gasteiger partial charge in [-0.15, -0.1) is 0 Å². The van der Waals surface area contributed by atoms with Crippen LogP contribution in [0.4, 0.5) is 0 Å². The van der Waals surface area contributed by atoms with Crippen LogP contribution >= 0.6 is 8.03 Å². The van der Waals surface area contributed by atoms with Gasteiger partial charge in [-0.2, -0.15) is 0 Å². The third-order valence-corrected chi connectivity index (χ3v) is 2.46. The van der Waals surface area contributed by atoms with Gasteiger partial charge < -0.3 is 4.52 Å². The maximum atomic E-state index is 10.8. The SMILES string of the molecule is CCC[PH](=O)OC(C)C. The molecular weight excluding hydrogens is 135 g/mol. The van der Waals surface area contributed by atoms with Crippen molar-refractivity contribution in [3.05, 3.63) is 0 Å². The molecule has 0 spiro atoms. The zero-order chi connectivity index (χ0) is 7.28. The molecule has 56 valence electrons. The van der Waals surface area contributed by atoms with Gasteiger partial charge in [0.25, 0.3) is 0 Å². The highest BCUT2D eigenvalue weighted by atomic mass is 31.1. The van der Waals surface area contributed by atoms with E-state index in [4.69, 9.17) is 4.52 Å². The molecule has 0 rings (SSSR count). The highest BCUT2D eigenvalue weighted by Gasteiger charge is 1.99. The predicted molar refractivity (Wildman–Crippen MR) is 40.4 cm³/mol. The molecule has 0 aliphatic heterocycles. The Morgan fingerprint density at radius 3 is 2.44 bits per heavy atom. The van der Waals surface area contributed by atoms with Crippen LogP contribution in [0, 0.1) is 0 Å². The molecule has 0 radical (unpaired) electrons. The van der Waals surface area contributed by atoms with Gasteiger partial charge in [-0.3, -0.25) is 4.57 Å². The highest BCUT2D eigenvalue weighted by Crippen LogP contribution is 2.24. The molecule has 0 heterocycles. The molecule has 1 unspecified atom stereocenters. The molecule has 0 aromatic carbocycles. The minimum Gasteiger partial charge on any atom is -0.328 e. The van der Waals surface area contributed by atoms with E-state index in [0.29, 0.717) is 0 Å². The molecule has 9 heavy (non-hydrogen) atoms. The molecule has 0 aliphatic rings. The van der Waals surface area contributed by atoms with Crippen LogP contribution in [0.15, 0.2) is 0 Å². The van der Waals surface area contributed by atoms with Gasteiger partial charge in [0.1, 0.15) is 0 Å². The molecule has 0 fully saturated rings. The maximum absolute atomic E-state index is 10.8. The number of hydrogen-bond donors (Lipinski definition) is 0. The molecule has 0 bridgehead atoms. The minimum atomic E-state index is -1.69. The quantitative estimate of drug-likeness (QED) is 0.575. The Morgan fingerprint density at radius 1 is 1.56 bits per heavy atom. The highest BCUT2D eigenvalue weighted by molar-refractivity contribution is 7.39. The normalized spacial score (nSPS) is 14.2. The zero-order valence-electron chi connectivity index (χ0n) is 6.31. The van der Waals surface area contributed by atoms with E-state index in [2.05, 4.69) is 0 Å². The van der Waals surface area contributed by atoms with Crippen LogP contribution in [0.3, 0.4) is 0 Å². The lowest BCUT2D eigenvalue weighted by atomic mass is 10.5. The molecule has 0 amide bonds. The van der Waals surface area contributed by atoms with E-state index in [0.717, 1.165) is 12.6 Å². The summed E-state index contributed by atoms with van der Waals surface area (Å²) >= 11 is 0. The van der Waals surface area contributed by atoms with Gasteiger partial charge in [0.2, 0.25) is 0 Å². The van der Waals surface area contributed by atoms with Crippen molar-refractivity contribution in [3.63, 3.8) is 0 Å². The van der Waals surface area contributed by atoms with E-state index < -0.39 is 8.03 Å². The van der Waals surface area contributed by atoms with Crippen molar-refractivity contribution in [1.82, 2.24) is 0 Å². The van der Waals surface area contributed by atoms with Crippen molar-refractivity contribution >= 4 is 8.03 Å². The Hall–Kier alpha value is 0.190. The zero-order valence-corrected chi connectivity index (χ0v) is 7.31. The lowest BCUT2D eigenvalue weighted by Crippen LogP contribution is -1.95. The van der Waals surface area contributed by atoms with Gasteiger partial charge in [-0.1, -0.05) is 6.92 Å². The van der Waals surface area contributed by atoms with Crippen LogP contribution in [0.2, 0.25) is 0 Å². The summed E-state index contributed by atoms with van der Waals surface area (Å²) in [6.07, 6.45) is 1.79. The Bertz CT molecular complexity index is 91.1. The molecule has 0 aliphatic carbocycles. The molecule has 3 heteroatoms.